The van der Waals surface area contributed by atoms with E-state index in [2.05, 4.69) is 15.4 Å². The average molecular weight is 333 g/mol. The largest absolute Gasteiger partial charge is 0.309 e. The van der Waals surface area contributed by atoms with Crippen molar-refractivity contribution < 1.29 is 9.59 Å². The molecular weight excluding hydrogens is 314 g/mol. The second kappa shape index (κ2) is 6.11. The van der Waals surface area contributed by atoms with Gasteiger partial charge in [-0.3, -0.25) is 14.3 Å². The van der Waals surface area contributed by atoms with Crippen LogP contribution in [0, 0.1) is 12.8 Å². The SMILES string of the molecule is Cc1csc(NC(=O)[C@H]2CC(=O)N(c3cnn(C(C)C)c3)C2)n1. The third-order valence-electron chi connectivity index (χ3n) is 3.77. The Hall–Kier alpha value is -2.22. The second-order valence-electron chi connectivity index (χ2n) is 5.96. The molecule has 2 aromatic heterocycles. The van der Waals surface area contributed by atoms with E-state index in [9.17, 15) is 9.59 Å². The molecule has 3 heterocycles. The third-order valence-corrected chi connectivity index (χ3v) is 4.65. The van der Waals surface area contributed by atoms with Crippen LogP contribution >= 0.6 is 11.3 Å². The molecule has 0 aromatic carbocycles. The molecule has 8 heteroatoms. The second-order valence-corrected chi connectivity index (χ2v) is 6.82. The van der Waals surface area contributed by atoms with Crippen LogP contribution in [0.3, 0.4) is 0 Å². The van der Waals surface area contributed by atoms with Crippen molar-refractivity contribution in [3.8, 4) is 0 Å². The molecule has 1 aliphatic heterocycles. The molecule has 23 heavy (non-hydrogen) atoms. The van der Waals surface area contributed by atoms with E-state index < -0.39 is 0 Å². The normalized spacial score (nSPS) is 18.0. The third kappa shape index (κ3) is 3.26. The number of anilines is 2. The van der Waals surface area contributed by atoms with Crippen LogP contribution < -0.4 is 10.2 Å². The molecule has 1 aliphatic rings. The van der Waals surface area contributed by atoms with Gasteiger partial charge in [-0.2, -0.15) is 5.10 Å². The number of amides is 2. The molecule has 0 saturated carbocycles. The van der Waals surface area contributed by atoms with Crippen LogP contribution in [0.1, 0.15) is 32.0 Å². The summed E-state index contributed by atoms with van der Waals surface area (Å²) in [6, 6.07) is 0.230. The summed E-state index contributed by atoms with van der Waals surface area (Å²) in [5.41, 5.74) is 1.61. The fraction of sp³-hybridized carbons (Fsp3) is 0.467. The van der Waals surface area contributed by atoms with Crippen molar-refractivity contribution in [3.05, 3.63) is 23.5 Å². The molecule has 1 saturated heterocycles. The number of rotatable bonds is 4. The number of carbonyl (C=O) groups is 2. The highest BCUT2D eigenvalue weighted by atomic mass is 32.1. The fourth-order valence-corrected chi connectivity index (χ4v) is 3.19. The van der Waals surface area contributed by atoms with Gasteiger partial charge >= 0.3 is 0 Å². The maximum Gasteiger partial charge on any atom is 0.231 e. The summed E-state index contributed by atoms with van der Waals surface area (Å²) in [5, 5.41) is 9.49. The van der Waals surface area contributed by atoms with E-state index in [0.717, 1.165) is 11.4 Å². The van der Waals surface area contributed by atoms with Crippen LogP contribution in [0.5, 0.6) is 0 Å². The summed E-state index contributed by atoms with van der Waals surface area (Å²) < 4.78 is 1.80. The van der Waals surface area contributed by atoms with Gasteiger partial charge in [-0.15, -0.1) is 11.3 Å². The predicted octanol–water partition coefficient (Wildman–Crippen LogP) is 2.22. The Morgan fingerprint density at radius 2 is 2.26 bits per heavy atom. The van der Waals surface area contributed by atoms with Crippen molar-refractivity contribution in [2.24, 2.45) is 5.92 Å². The number of thiazole rings is 1. The lowest BCUT2D eigenvalue weighted by molar-refractivity contribution is -0.122. The first-order valence-corrected chi connectivity index (χ1v) is 8.39. The molecule has 7 nitrogen and oxygen atoms in total. The molecule has 0 aliphatic carbocycles. The van der Waals surface area contributed by atoms with E-state index >= 15 is 0 Å². The molecule has 2 aromatic rings. The van der Waals surface area contributed by atoms with Gasteiger partial charge in [0.25, 0.3) is 0 Å². The molecule has 1 N–H and O–H groups in total. The summed E-state index contributed by atoms with van der Waals surface area (Å²) in [5.74, 6) is -0.579. The zero-order chi connectivity index (χ0) is 16.6. The van der Waals surface area contributed by atoms with Crippen LogP contribution in [0.4, 0.5) is 10.8 Å². The molecule has 0 unspecified atom stereocenters. The maximum atomic E-state index is 12.3. The van der Waals surface area contributed by atoms with E-state index in [1.165, 1.54) is 11.3 Å². The molecule has 3 rings (SSSR count). The minimum Gasteiger partial charge on any atom is -0.309 e. The average Bonchev–Trinajstić information content (AvgIpc) is 3.18. The van der Waals surface area contributed by atoms with Crippen LogP contribution in [-0.4, -0.2) is 33.1 Å². The van der Waals surface area contributed by atoms with Crippen molar-refractivity contribution in [1.82, 2.24) is 14.8 Å². The lowest BCUT2D eigenvalue weighted by Crippen LogP contribution is -2.27. The molecule has 1 atom stereocenters. The Labute approximate surface area is 138 Å². The highest BCUT2D eigenvalue weighted by Crippen LogP contribution is 2.26. The minimum atomic E-state index is -0.367. The Morgan fingerprint density at radius 1 is 1.48 bits per heavy atom. The molecule has 122 valence electrons. The summed E-state index contributed by atoms with van der Waals surface area (Å²) >= 11 is 1.39. The Bertz CT molecular complexity index is 736. The number of hydrogen-bond acceptors (Lipinski definition) is 5. The van der Waals surface area contributed by atoms with Crippen molar-refractivity contribution >= 4 is 34.0 Å². The number of aromatic nitrogens is 3. The molecular formula is C15H19N5O2S. The smallest absolute Gasteiger partial charge is 0.231 e. The Balaban J connectivity index is 1.67. The van der Waals surface area contributed by atoms with E-state index in [-0.39, 0.29) is 30.2 Å². The number of nitrogens with zero attached hydrogens (tertiary/aromatic N) is 4. The lowest BCUT2D eigenvalue weighted by atomic mass is 10.1. The van der Waals surface area contributed by atoms with Crippen LogP contribution in [0.25, 0.3) is 0 Å². The number of carbonyl (C=O) groups excluding carboxylic acids is 2. The van der Waals surface area contributed by atoms with Crippen LogP contribution in [0.2, 0.25) is 0 Å². The lowest BCUT2D eigenvalue weighted by Gasteiger charge is -2.14. The quantitative estimate of drug-likeness (QED) is 0.930. The monoisotopic (exact) mass is 333 g/mol. The van der Waals surface area contributed by atoms with Gasteiger partial charge < -0.3 is 10.2 Å². The molecule has 0 radical (unpaired) electrons. The highest BCUT2D eigenvalue weighted by Gasteiger charge is 2.36. The zero-order valence-corrected chi connectivity index (χ0v) is 14.1. The van der Waals surface area contributed by atoms with Gasteiger partial charge in [0.1, 0.15) is 0 Å². The first kappa shape index (κ1) is 15.7. The first-order chi connectivity index (χ1) is 10.9. The zero-order valence-electron chi connectivity index (χ0n) is 13.3. The van der Waals surface area contributed by atoms with Gasteiger partial charge in [0.2, 0.25) is 11.8 Å². The first-order valence-electron chi connectivity index (χ1n) is 7.51. The molecule has 2 amide bonds. The number of hydrogen-bond donors (Lipinski definition) is 1. The number of aryl methyl sites for hydroxylation is 1. The number of nitrogens with one attached hydrogen (secondary N) is 1. The summed E-state index contributed by atoms with van der Waals surface area (Å²) in [6.45, 7) is 6.29. The predicted molar refractivity (Wildman–Crippen MR) is 88.6 cm³/mol. The summed E-state index contributed by atoms with van der Waals surface area (Å²) in [6.07, 6.45) is 3.72. The van der Waals surface area contributed by atoms with Crippen molar-refractivity contribution in [2.45, 2.75) is 33.2 Å². The Morgan fingerprint density at radius 3 is 2.87 bits per heavy atom. The van der Waals surface area contributed by atoms with Crippen LogP contribution in [-0.2, 0) is 9.59 Å². The highest BCUT2D eigenvalue weighted by molar-refractivity contribution is 7.13. The van der Waals surface area contributed by atoms with E-state index in [1.807, 2.05) is 32.3 Å². The van der Waals surface area contributed by atoms with Gasteiger partial charge in [0, 0.05) is 30.6 Å². The van der Waals surface area contributed by atoms with Gasteiger partial charge in [0.05, 0.1) is 23.5 Å². The fourth-order valence-electron chi connectivity index (χ4n) is 2.50. The van der Waals surface area contributed by atoms with E-state index in [4.69, 9.17) is 0 Å². The van der Waals surface area contributed by atoms with Gasteiger partial charge in [0.15, 0.2) is 5.13 Å². The standard InChI is InChI=1S/C15H19N5O2S/c1-9(2)20-7-12(5-16-20)19-6-11(4-13(19)21)14(22)18-15-17-10(3)8-23-15/h5,7-9,11H,4,6H2,1-3H3,(H,17,18,22)/t11-/m0/s1. The van der Waals surface area contributed by atoms with E-state index in [0.29, 0.717) is 11.7 Å². The van der Waals surface area contributed by atoms with Crippen molar-refractivity contribution in [2.75, 3.05) is 16.8 Å². The van der Waals surface area contributed by atoms with Crippen LogP contribution in [0.15, 0.2) is 17.8 Å². The van der Waals surface area contributed by atoms with Gasteiger partial charge in [-0.1, -0.05) is 0 Å². The van der Waals surface area contributed by atoms with Gasteiger partial charge in [-0.25, -0.2) is 4.98 Å². The van der Waals surface area contributed by atoms with Crippen molar-refractivity contribution in [1.29, 1.82) is 0 Å². The summed E-state index contributed by atoms with van der Waals surface area (Å²) in [7, 11) is 0. The Kier molecular flexibility index (Phi) is 4.16. The van der Waals surface area contributed by atoms with Gasteiger partial charge in [-0.05, 0) is 20.8 Å². The minimum absolute atomic E-state index is 0.0521. The molecule has 0 bridgehead atoms. The topological polar surface area (TPSA) is 80.1 Å². The van der Waals surface area contributed by atoms with Crippen molar-refractivity contribution in [3.63, 3.8) is 0 Å². The summed E-state index contributed by atoms with van der Waals surface area (Å²) in [4.78, 5) is 30.4. The maximum absolute atomic E-state index is 12.3. The molecule has 1 fully saturated rings. The molecule has 0 spiro atoms. The van der Waals surface area contributed by atoms with E-state index in [1.54, 1.807) is 15.8 Å².